The second kappa shape index (κ2) is 11.3. The van der Waals surface area contributed by atoms with Crippen LogP contribution in [0, 0.1) is 0 Å². The first-order chi connectivity index (χ1) is 19.8. The third-order valence-electron chi connectivity index (χ3n) is 7.78. The number of halogens is 1. The molecule has 2 aliphatic rings. The van der Waals surface area contributed by atoms with Gasteiger partial charge in [-0.05, 0) is 95.6 Å². The summed E-state index contributed by atoms with van der Waals surface area (Å²) in [5, 5.41) is 0. The van der Waals surface area contributed by atoms with Crippen molar-refractivity contribution in [3.8, 4) is 0 Å². The highest BCUT2D eigenvalue weighted by atomic mass is 79.9. The fourth-order valence-corrected chi connectivity index (χ4v) is 6.86. The highest BCUT2D eigenvalue weighted by Gasteiger charge is 2.32. The van der Waals surface area contributed by atoms with Crippen molar-refractivity contribution in [3.05, 3.63) is 130 Å². The van der Waals surface area contributed by atoms with E-state index in [2.05, 4.69) is 94.4 Å². The van der Waals surface area contributed by atoms with Gasteiger partial charge in [0.15, 0.2) is 4.80 Å². The van der Waals surface area contributed by atoms with E-state index in [-0.39, 0.29) is 11.6 Å². The molecule has 1 atom stereocenters. The van der Waals surface area contributed by atoms with Gasteiger partial charge in [0, 0.05) is 44.0 Å². The number of nitrogens with zero attached hydrogens (tertiary/aromatic N) is 4. The van der Waals surface area contributed by atoms with Gasteiger partial charge in [-0.15, -0.1) is 0 Å². The first-order valence-electron chi connectivity index (χ1n) is 13.8. The summed E-state index contributed by atoms with van der Waals surface area (Å²) in [5.74, 6) is 0. The molecule has 0 N–H and O–H groups in total. The number of anilines is 2. The second-order valence-electron chi connectivity index (χ2n) is 11.0. The van der Waals surface area contributed by atoms with Crippen molar-refractivity contribution in [1.29, 1.82) is 0 Å². The topological polar surface area (TPSA) is 40.8 Å². The molecule has 1 aliphatic carbocycles. The standard InChI is InChI=1S/C34H33BrN4OS/c1-37(2)27-16-10-22(11-17-27)20-25-6-5-7-29-31(25)36-34-39(32(29)24-12-18-28(19-13-24)38(3)4)33(40)30(41-34)21-23-8-14-26(35)15-9-23/h8-21,32H,5-7H2,1-4H3/b25-20+,30-21+/t32-/m0/s1. The molecule has 0 saturated heterocycles. The Kier molecular flexibility index (Phi) is 7.58. The van der Waals surface area contributed by atoms with Gasteiger partial charge in [-0.1, -0.05) is 63.7 Å². The van der Waals surface area contributed by atoms with Crippen LogP contribution >= 0.6 is 27.3 Å². The first kappa shape index (κ1) is 27.5. The van der Waals surface area contributed by atoms with Crippen molar-refractivity contribution in [2.75, 3.05) is 38.0 Å². The van der Waals surface area contributed by atoms with Crippen LogP contribution in [-0.2, 0) is 0 Å². The highest BCUT2D eigenvalue weighted by molar-refractivity contribution is 9.10. The largest absolute Gasteiger partial charge is 0.378 e. The maximum atomic E-state index is 14.0. The molecular formula is C34H33BrN4OS. The number of benzene rings is 3. The summed E-state index contributed by atoms with van der Waals surface area (Å²) in [4.78, 5) is 24.2. The molecule has 0 amide bonds. The summed E-state index contributed by atoms with van der Waals surface area (Å²) in [7, 11) is 8.20. The summed E-state index contributed by atoms with van der Waals surface area (Å²) in [6, 6.07) is 25.1. The molecule has 2 heterocycles. The molecule has 6 rings (SSSR count). The lowest BCUT2D eigenvalue weighted by molar-refractivity contribution is 0.553. The summed E-state index contributed by atoms with van der Waals surface area (Å²) in [6.07, 6.45) is 7.18. The van der Waals surface area contributed by atoms with Crippen molar-refractivity contribution in [3.63, 3.8) is 0 Å². The van der Waals surface area contributed by atoms with Crippen molar-refractivity contribution in [2.45, 2.75) is 25.3 Å². The van der Waals surface area contributed by atoms with Gasteiger partial charge in [-0.2, -0.15) is 0 Å². The van der Waals surface area contributed by atoms with Crippen LogP contribution in [0.5, 0.6) is 0 Å². The average molecular weight is 626 g/mol. The molecule has 0 fully saturated rings. The second-order valence-corrected chi connectivity index (χ2v) is 12.9. The minimum absolute atomic E-state index is 0.0142. The molecule has 7 heteroatoms. The molecule has 208 valence electrons. The van der Waals surface area contributed by atoms with Gasteiger partial charge in [0.1, 0.15) is 0 Å². The minimum Gasteiger partial charge on any atom is -0.378 e. The Labute approximate surface area is 253 Å². The first-order valence-corrected chi connectivity index (χ1v) is 15.5. The molecule has 0 spiro atoms. The number of hydrogen-bond donors (Lipinski definition) is 0. The van der Waals surface area contributed by atoms with Crippen molar-refractivity contribution < 1.29 is 0 Å². The Morgan fingerprint density at radius 2 is 1.41 bits per heavy atom. The zero-order valence-corrected chi connectivity index (χ0v) is 26.2. The molecule has 5 nitrogen and oxygen atoms in total. The Morgan fingerprint density at radius 1 is 0.829 bits per heavy atom. The molecular weight excluding hydrogens is 592 g/mol. The van der Waals surface area contributed by atoms with Crippen LogP contribution in [0.1, 0.15) is 42.0 Å². The van der Waals surface area contributed by atoms with Crippen LogP contribution in [-0.4, -0.2) is 32.8 Å². The molecule has 3 aromatic carbocycles. The van der Waals surface area contributed by atoms with E-state index < -0.39 is 0 Å². The van der Waals surface area contributed by atoms with Gasteiger partial charge < -0.3 is 9.80 Å². The van der Waals surface area contributed by atoms with Crippen molar-refractivity contribution >= 4 is 50.8 Å². The zero-order chi connectivity index (χ0) is 28.7. The minimum atomic E-state index is -0.177. The van der Waals surface area contributed by atoms with Crippen LogP contribution < -0.4 is 24.7 Å². The predicted octanol–water partition coefficient (Wildman–Crippen LogP) is 6.38. The molecule has 0 unspecified atom stereocenters. The van der Waals surface area contributed by atoms with E-state index in [9.17, 15) is 4.79 Å². The Bertz CT molecular complexity index is 1830. The van der Waals surface area contributed by atoms with Gasteiger partial charge >= 0.3 is 0 Å². The average Bonchev–Trinajstić information content (AvgIpc) is 3.28. The van der Waals surface area contributed by atoms with Gasteiger partial charge in [0.05, 0.1) is 16.3 Å². The number of fused-ring (bicyclic) bond motifs is 1. The van der Waals surface area contributed by atoms with E-state index in [0.29, 0.717) is 4.53 Å². The molecule has 1 aliphatic heterocycles. The molecule has 1 aromatic heterocycles. The van der Waals surface area contributed by atoms with Crippen LogP contribution in [0.25, 0.3) is 12.2 Å². The Morgan fingerprint density at radius 3 is 2.05 bits per heavy atom. The SMILES string of the molecule is CN(C)c1ccc(/C=C2\CCCC3=C2N=c2s/c(=C/c4ccc(Br)cc4)c(=O)n2[C@H]3c2ccc(N(C)C)cc2)cc1. The molecule has 4 aromatic rings. The van der Waals surface area contributed by atoms with Crippen LogP contribution in [0.15, 0.2) is 104 Å². The quantitative estimate of drug-likeness (QED) is 0.259. The monoisotopic (exact) mass is 624 g/mol. The lowest BCUT2D eigenvalue weighted by atomic mass is 9.83. The van der Waals surface area contributed by atoms with Crippen LogP contribution in [0.2, 0.25) is 0 Å². The third kappa shape index (κ3) is 5.48. The van der Waals surface area contributed by atoms with Crippen molar-refractivity contribution in [2.24, 2.45) is 4.99 Å². The third-order valence-corrected chi connectivity index (χ3v) is 9.29. The Hall–Kier alpha value is -3.68. The molecule has 0 saturated carbocycles. The van der Waals surface area contributed by atoms with E-state index in [4.69, 9.17) is 4.99 Å². The van der Waals surface area contributed by atoms with Gasteiger partial charge in [-0.25, -0.2) is 4.99 Å². The lowest BCUT2D eigenvalue weighted by Crippen LogP contribution is -2.39. The van der Waals surface area contributed by atoms with E-state index >= 15 is 0 Å². The molecule has 0 radical (unpaired) electrons. The van der Waals surface area contributed by atoms with E-state index in [1.807, 2.05) is 49.0 Å². The predicted molar refractivity (Wildman–Crippen MR) is 176 cm³/mol. The summed E-state index contributed by atoms with van der Waals surface area (Å²) < 4.78 is 3.64. The fourth-order valence-electron chi connectivity index (χ4n) is 5.59. The van der Waals surface area contributed by atoms with Crippen molar-refractivity contribution in [1.82, 2.24) is 4.57 Å². The number of aromatic nitrogens is 1. The maximum absolute atomic E-state index is 14.0. The molecule has 0 bridgehead atoms. The summed E-state index contributed by atoms with van der Waals surface area (Å²) in [5.41, 5.74) is 9.12. The van der Waals surface area contributed by atoms with Crippen LogP contribution in [0.4, 0.5) is 11.4 Å². The number of hydrogen-bond acceptors (Lipinski definition) is 5. The van der Waals surface area contributed by atoms with E-state index in [0.717, 1.165) is 51.0 Å². The zero-order valence-electron chi connectivity index (χ0n) is 23.8. The maximum Gasteiger partial charge on any atom is 0.271 e. The van der Waals surface area contributed by atoms with E-state index in [1.165, 1.54) is 33.7 Å². The van der Waals surface area contributed by atoms with Crippen LogP contribution in [0.3, 0.4) is 0 Å². The number of allylic oxidation sites excluding steroid dienone is 2. The summed E-state index contributed by atoms with van der Waals surface area (Å²) >= 11 is 4.98. The van der Waals surface area contributed by atoms with E-state index in [1.54, 1.807) is 0 Å². The smallest absolute Gasteiger partial charge is 0.271 e. The fraction of sp³-hybridized carbons (Fsp3) is 0.235. The lowest BCUT2D eigenvalue weighted by Gasteiger charge is -2.31. The normalized spacial score (nSPS) is 17.7. The van der Waals surface area contributed by atoms with Gasteiger partial charge in [0.25, 0.3) is 5.56 Å². The Balaban J connectivity index is 1.53. The number of thiazole rings is 1. The van der Waals surface area contributed by atoms with Gasteiger partial charge in [0.2, 0.25) is 0 Å². The molecule has 41 heavy (non-hydrogen) atoms. The number of rotatable bonds is 5. The summed E-state index contributed by atoms with van der Waals surface area (Å²) in [6.45, 7) is 0. The van der Waals surface area contributed by atoms with Gasteiger partial charge in [-0.3, -0.25) is 9.36 Å². The highest BCUT2D eigenvalue weighted by Crippen LogP contribution is 2.41.